The maximum atomic E-state index is 12.6. The van der Waals surface area contributed by atoms with Gasteiger partial charge in [0.2, 0.25) is 5.95 Å². The normalized spacial score (nSPS) is 10.5. The fourth-order valence-electron chi connectivity index (χ4n) is 0.936. The average Bonchev–Trinajstić information content (AvgIpc) is 2.03. The third kappa shape index (κ3) is 3.85. The highest BCUT2D eigenvalue weighted by molar-refractivity contribution is 5.40. The Morgan fingerprint density at radius 2 is 2.31 bits per heavy atom. The van der Waals surface area contributed by atoms with Crippen LogP contribution in [0, 0.1) is 5.95 Å². The lowest BCUT2D eigenvalue weighted by molar-refractivity contribution is 0.425. The molecule has 72 valence electrons. The summed E-state index contributed by atoms with van der Waals surface area (Å²) in [6.45, 7) is 1.72. The topological polar surface area (TPSA) is 28.2 Å². The molecule has 0 aliphatic carbocycles. The van der Waals surface area contributed by atoms with Gasteiger partial charge in [0.1, 0.15) is 0 Å². The second-order valence-electron chi connectivity index (χ2n) is 3.10. The molecule has 0 atom stereocenters. The fourth-order valence-corrected chi connectivity index (χ4v) is 0.936. The van der Waals surface area contributed by atoms with E-state index in [1.54, 1.807) is 6.07 Å². The van der Waals surface area contributed by atoms with Crippen molar-refractivity contribution in [3.05, 3.63) is 24.3 Å². The number of hydrogen-bond acceptors (Lipinski definition) is 3. The van der Waals surface area contributed by atoms with Crippen LogP contribution in [0.15, 0.2) is 18.3 Å². The van der Waals surface area contributed by atoms with Crippen LogP contribution in [0.5, 0.6) is 0 Å². The van der Waals surface area contributed by atoms with E-state index in [0.29, 0.717) is 0 Å². The quantitative estimate of drug-likeness (QED) is 0.711. The lowest BCUT2D eigenvalue weighted by Gasteiger charge is -2.10. The third-order valence-corrected chi connectivity index (χ3v) is 1.61. The summed E-state index contributed by atoms with van der Waals surface area (Å²) in [7, 11) is 3.99. The number of nitrogens with zero attached hydrogens (tertiary/aromatic N) is 2. The zero-order valence-electron chi connectivity index (χ0n) is 7.92. The second kappa shape index (κ2) is 4.77. The monoisotopic (exact) mass is 183 g/mol. The van der Waals surface area contributed by atoms with Crippen LogP contribution >= 0.6 is 0 Å². The zero-order valence-corrected chi connectivity index (χ0v) is 7.92. The van der Waals surface area contributed by atoms with Crippen molar-refractivity contribution in [3.8, 4) is 0 Å². The van der Waals surface area contributed by atoms with Gasteiger partial charge in [0, 0.05) is 31.0 Å². The van der Waals surface area contributed by atoms with Gasteiger partial charge >= 0.3 is 0 Å². The van der Waals surface area contributed by atoms with Crippen LogP contribution in [0.1, 0.15) is 0 Å². The first-order valence-corrected chi connectivity index (χ1v) is 4.18. The van der Waals surface area contributed by atoms with E-state index >= 15 is 0 Å². The number of hydrogen-bond donors (Lipinski definition) is 1. The summed E-state index contributed by atoms with van der Waals surface area (Å²) >= 11 is 0. The van der Waals surface area contributed by atoms with Gasteiger partial charge in [0.05, 0.1) is 0 Å². The number of aromatic nitrogens is 1. The lowest BCUT2D eigenvalue weighted by Crippen LogP contribution is -2.20. The maximum Gasteiger partial charge on any atom is 0.214 e. The highest BCUT2D eigenvalue weighted by Crippen LogP contribution is 2.05. The molecule has 0 amide bonds. The minimum atomic E-state index is -0.449. The van der Waals surface area contributed by atoms with E-state index < -0.39 is 5.95 Å². The Kier molecular flexibility index (Phi) is 3.64. The molecule has 0 aliphatic heterocycles. The van der Waals surface area contributed by atoms with E-state index in [2.05, 4.69) is 15.2 Å². The van der Waals surface area contributed by atoms with E-state index in [4.69, 9.17) is 0 Å². The largest absolute Gasteiger partial charge is 0.384 e. The predicted molar refractivity (Wildman–Crippen MR) is 51.2 cm³/mol. The Hall–Kier alpha value is -1.16. The van der Waals surface area contributed by atoms with Crippen molar-refractivity contribution in [2.75, 3.05) is 32.5 Å². The Balaban J connectivity index is 2.37. The Morgan fingerprint density at radius 3 is 2.92 bits per heavy atom. The van der Waals surface area contributed by atoms with Crippen LogP contribution in [0.4, 0.5) is 10.1 Å². The molecular weight excluding hydrogens is 169 g/mol. The van der Waals surface area contributed by atoms with Crippen LogP contribution in [-0.4, -0.2) is 37.1 Å². The molecule has 1 aromatic heterocycles. The smallest absolute Gasteiger partial charge is 0.214 e. The molecule has 0 spiro atoms. The first-order valence-electron chi connectivity index (χ1n) is 4.18. The summed E-state index contributed by atoms with van der Waals surface area (Å²) in [5, 5.41) is 3.10. The van der Waals surface area contributed by atoms with Gasteiger partial charge in [-0.1, -0.05) is 0 Å². The van der Waals surface area contributed by atoms with Gasteiger partial charge < -0.3 is 10.2 Å². The summed E-state index contributed by atoms with van der Waals surface area (Å²) in [6, 6.07) is 3.13. The number of rotatable bonds is 4. The van der Waals surface area contributed by atoms with Crippen molar-refractivity contribution < 1.29 is 4.39 Å². The van der Waals surface area contributed by atoms with Gasteiger partial charge in [0.25, 0.3) is 0 Å². The van der Waals surface area contributed by atoms with Crippen molar-refractivity contribution in [1.29, 1.82) is 0 Å². The molecule has 0 bridgehead atoms. The zero-order chi connectivity index (χ0) is 9.68. The van der Waals surface area contributed by atoms with Gasteiger partial charge in [-0.15, -0.1) is 0 Å². The molecule has 1 N–H and O–H groups in total. The second-order valence-corrected chi connectivity index (χ2v) is 3.10. The minimum absolute atomic E-state index is 0.449. The minimum Gasteiger partial charge on any atom is -0.384 e. The molecule has 0 saturated carbocycles. The predicted octanol–water partition coefficient (Wildman–Crippen LogP) is 1.19. The molecule has 4 heteroatoms. The summed E-state index contributed by atoms with van der Waals surface area (Å²) in [4.78, 5) is 5.53. The SMILES string of the molecule is CN(C)CCNc1ccnc(F)c1. The standard InChI is InChI=1S/C9H14FN3/c1-13(2)6-5-11-8-3-4-12-9(10)7-8/h3-4,7H,5-6H2,1-2H3,(H,11,12). The molecule has 0 unspecified atom stereocenters. The molecule has 3 nitrogen and oxygen atoms in total. The van der Waals surface area contributed by atoms with Gasteiger partial charge in [0.15, 0.2) is 0 Å². The van der Waals surface area contributed by atoms with Gasteiger partial charge in [-0.2, -0.15) is 4.39 Å². The first-order chi connectivity index (χ1) is 6.18. The molecule has 0 aliphatic rings. The molecular formula is C9H14FN3. The number of halogens is 1. The van der Waals surface area contributed by atoms with E-state index in [1.165, 1.54) is 12.3 Å². The van der Waals surface area contributed by atoms with Gasteiger partial charge in [-0.25, -0.2) is 4.98 Å². The van der Waals surface area contributed by atoms with Crippen molar-refractivity contribution >= 4 is 5.69 Å². The molecule has 0 aromatic carbocycles. The highest BCUT2D eigenvalue weighted by Gasteiger charge is 1.94. The number of pyridine rings is 1. The molecule has 1 aromatic rings. The third-order valence-electron chi connectivity index (χ3n) is 1.61. The Morgan fingerprint density at radius 1 is 1.54 bits per heavy atom. The first kappa shape index (κ1) is 9.92. The number of likely N-dealkylation sites (N-methyl/N-ethyl adjacent to an activating group) is 1. The van der Waals surface area contributed by atoms with Gasteiger partial charge in [-0.3, -0.25) is 0 Å². The van der Waals surface area contributed by atoms with E-state index in [-0.39, 0.29) is 0 Å². The summed E-state index contributed by atoms with van der Waals surface area (Å²) < 4.78 is 12.6. The molecule has 0 fully saturated rings. The van der Waals surface area contributed by atoms with Crippen LogP contribution < -0.4 is 5.32 Å². The molecule has 13 heavy (non-hydrogen) atoms. The summed E-state index contributed by atoms with van der Waals surface area (Å²) in [5.74, 6) is -0.449. The van der Waals surface area contributed by atoms with Gasteiger partial charge in [-0.05, 0) is 20.2 Å². The van der Waals surface area contributed by atoms with Crippen molar-refractivity contribution in [1.82, 2.24) is 9.88 Å². The Bertz CT molecular complexity index is 263. The molecule has 0 saturated heterocycles. The van der Waals surface area contributed by atoms with Crippen LogP contribution in [-0.2, 0) is 0 Å². The molecule has 0 radical (unpaired) electrons. The van der Waals surface area contributed by atoms with Crippen molar-refractivity contribution in [2.45, 2.75) is 0 Å². The fraction of sp³-hybridized carbons (Fsp3) is 0.444. The number of anilines is 1. The summed E-state index contributed by atoms with van der Waals surface area (Å²) in [5.41, 5.74) is 0.773. The average molecular weight is 183 g/mol. The summed E-state index contributed by atoms with van der Waals surface area (Å²) in [6.07, 6.45) is 1.45. The van der Waals surface area contributed by atoms with E-state index in [1.807, 2.05) is 14.1 Å². The van der Waals surface area contributed by atoms with E-state index in [9.17, 15) is 4.39 Å². The van der Waals surface area contributed by atoms with Crippen LogP contribution in [0.2, 0.25) is 0 Å². The van der Waals surface area contributed by atoms with Crippen LogP contribution in [0.25, 0.3) is 0 Å². The maximum absolute atomic E-state index is 12.6. The Labute approximate surface area is 77.6 Å². The van der Waals surface area contributed by atoms with E-state index in [0.717, 1.165) is 18.8 Å². The van der Waals surface area contributed by atoms with Crippen molar-refractivity contribution in [2.24, 2.45) is 0 Å². The molecule has 1 heterocycles. The van der Waals surface area contributed by atoms with Crippen LogP contribution in [0.3, 0.4) is 0 Å². The molecule has 1 rings (SSSR count). The van der Waals surface area contributed by atoms with Crippen molar-refractivity contribution in [3.63, 3.8) is 0 Å². The highest BCUT2D eigenvalue weighted by atomic mass is 19.1. The number of nitrogens with one attached hydrogen (secondary N) is 1. The lowest BCUT2D eigenvalue weighted by atomic mass is 10.4.